The Morgan fingerprint density at radius 1 is 1.13 bits per heavy atom. The van der Waals surface area contributed by atoms with Gasteiger partial charge in [0, 0.05) is 6.04 Å². The van der Waals surface area contributed by atoms with Crippen LogP contribution in [0.4, 0.5) is 4.39 Å². The second-order valence-corrected chi connectivity index (χ2v) is 8.92. The molecular weight excluding hydrogens is 413 g/mol. The Hall–Kier alpha value is -2.72. The normalized spacial score (nSPS) is 14.6. The molecule has 0 spiro atoms. The van der Waals surface area contributed by atoms with Gasteiger partial charge in [0.1, 0.15) is 18.1 Å². The number of amides is 2. The van der Waals surface area contributed by atoms with Gasteiger partial charge in [-0.1, -0.05) is 12.8 Å². The first-order valence-corrected chi connectivity index (χ1v) is 11.2. The van der Waals surface area contributed by atoms with Gasteiger partial charge in [0.2, 0.25) is 21.8 Å². The summed E-state index contributed by atoms with van der Waals surface area (Å²) in [4.78, 5) is 26.2. The van der Waals surface area contributed by atoms with E-state index in [1.54, 1.807) is 12.1 Å². The molecule has 10 heteroatoms. The number of rotatable bonds is 9. The van der Waals surface area contributed by atoms with Gasteiger partial charge in [-0.25, -0.2) is 17.5 Å². The fourth-order valence-electron chi connectivity index (χ4n) is 3.31. The minimum absolute atomic E-state index is 0.0300. The SMILES string of the molecule is O=C(CN(Cc1ccco1)C(=O)CNS(=O)(=O)c1ccc(F)cc1)NC1CCCC1. The van der Waals surface area contributed by atoms with E-state index in [1.807, 2.05) is 0 Å². The lowest BCUT2D eigenvalue weighted by Gasteiger charge is -2.22. The first-order chi connectivity index (χ1) is 14.3. The van der Waals surface area contributed by atoms with Gasteiger partial charge in [0.25, 0.3) is 0 Å². The van der Waals surface area contributed by atoms with Gasteiger partial charge < -0.3 is 14.6 Å². The molecule has 0 bridgehead atoms. The lowest BCUT2D eigenvalue weighted by molar-refractivity contribution is -0.136. The number of sulfonamides is 1. The van der Waals surface area contributed by atoms with Crippen LogP contribution < -0.4 is 10.0 Å². The molecule has 1 aromatic heterocycles. The molecule has 2 amide bonds. The zero-order valence-corrected chi connectivity index (χ0v) is 17.2. The second kappa shape index (κ2) is 9.86. The van der Waals surface area contributed by atoms with E-state index in [2.05, 4.69) is 10.0 Å². The summed E-state index contributed by atoms with van der Waals surface area (Å²) in [5.41, 5.74) is 0. The predicted molar refractivity (Wildman–Crippen MR) is 106 cm³/mol. The van der Waals surface area contributed by atoms with E-state index in [9.17, 15) is 22.4 Å². The van der Waals surface area contributed by atoms with Crippen molar-refractivity contribution in [1.82, 2.24) is 14.9 Å². The molecule has 1 fully saturated rings. The van der Waals surface area contributed by atoms with Crippen molar-refractivity contribution in [3.8, 4) is 0 Å². The average Bonchev–Trinajstić information content (AvgIpc) is 3.40. The number of benzene rings is 1. The van der Waals surface area contributed by atoms with Crippen molar-refractivity contribution in [3.63, 3.8) is 0 Å². The van der Waals surface area contributed by atoms with Crippen molar-refractivity contribution in [2.24, 2.45) is 0 Å². The molecule has 1 aliphatic rings. The zero-order chi connectivity index (χ0) is 21.6. The van der Waals surface area contributed by atoms with Crippen molar-refractivity contribution >= 4 is 21.8 Å². The quantitative estimate of drug-likeness (QED) is 0.622. The largest absolute Gasteiger partial charge is 0.467 e. The lowest BCUT2D eigenvalue weighted by atomic mass is 10.2. The molecule has 2 N–H and O–H groups in total. The number of hydrogen-bond acceptors (Lipinski definition) is 5. The standard InChI is InChI=1S/C20H24FN3O5S/c21-15-7-9-18(10-8-15)30(27,28)22-12-20(26)24(13-17-6-3-11-29-17)14-19(25)23-16-4-1-2-5-16/h3,6-11,16,22H,1-2,4-5,12-14H2,(H,23,25). The van der Waals surface area contributed by atoms with Crippen LogP contribution in [0.5, 0.6) is 0 Å². The minimum Gasteiger partial charge on any atom is -0.467 e. The van der Waals surface area contributed by atoms with E-state index in [-0.39, 0.29) is 29.9 Å². The molecule has 0 atom stereocenters. The highest BCUT2D eigenvalue weighted by Gasteiger charge is 2.24. The third kappa shape index (κ3) is 6.14. The van der Waals surface area contributed by atoms with Gasteiger partial charge in [0.15, 0.2) is 0 Å². The predicted octanol–water partition coefficient (Wildman–Crippen LogP) is 1.78. The van der Waals surface area contributed by atoms with Gasteiger partial charge in [0.05, 0.1) is 24.2 Å². The van der Waals surface area contributed by atoms with E-state index < -0.39 is 28.3 Å². The molecule has 1 heterocycles. The van der Waals surface area contributed by atoms with Crippen molar-refractivity contribution in [1.29, 1.82) is 0 Å². The molecule has 2 aromatic rings. The summed E-state index contributed by atoms with van der Waals surface area (Å²) < 4.78 is 45.1. The number of hydrogen-bond donors (Lipinski definition) is 2. The summed E-state index contributed by atoms with van der Waals surface area (Å²) in [6.45, 7) is -0.729. The number of halogens is 1. The Balaban J connectivity index is 1.63. The average molecular weight is 437 g/mol. The molecule has 0 aliphatic heterocycles. The first-order valence-electron chi connectivity index (χ1n) is 9.68. The Morgan fingerprint density at radius 2 is 1.83 bits per heavy atom. The molecule has 1 aliphatic carbocycles. The van der Waals surface area contributed by atoms with E-state index in [0.717, 1.165) is 49.9 Å². The summed E-state index contributed by atoms with van der Waals surface area (Å²) in [7, 11) is -4.00. The maximum absolute atomic E-state index is 13.0. The molecule has 1 saturated carbocycles. The van der Waals surface area contributed by atoms with Crippen LogP contribution in [0.1, 0.15) is 31.4 Å². The highest BCUT2D eigenvalue weighted by molar-refractivity contribution is 7.89. The summed E-state index contributed by atoms with van der Waals surface area (Å²) in [5, 5.41) is 2.91. The number of furan rings is 1. The molecule has 0 radical (unpaired) electrons. The molecule has 1 aromatic carbocycles. The Kier molecular flexibility index (Phi) is 7.22. The van der Waals surface area contributed by atoms with E-state index in [0.29, 0.717) is 5.76 Å². The molecule has 30 heavy (non-hydrogen) atoms. The summed E-state index contributed by atoms with van der Waals surface area (Å²) in [6, 6.07) is 7.69. The first kappa shape index (κ1) is 22.0. The van der Waals surface area contributed by atoms with Gasteiger partial charge in [-0.3, -0.25) is 9.59 Å². The summed E-state index contributed by atoms with van der Waals surface area (Å²) in [5.74, 6) is -0.983. The number of carbonyl (C=O) groups is 2. The van der Waals surface area contributed by atoms with Crippen molar-refractivity contribution < 1.29 is 26.8 Å². The van der Waals surface area contributed by atoms with Crippen LogP contribution in [0.25, 0.3) is 0 Å². The van der Waals surface area contributed by atoms with Crippen LogP contribution in [0, 0.1) is 5.82 Å². The minimum atomic E-state index is -4.00. The van der Waals surface area contributed by atoms with Crippen LogP contribution in [0.2, 0.25) is 0 Å². The maximum atomic E-state index is 13.0. The molecule has 3 rings (SSSR count). The van der Waals surface area contributed by atoms with E-state index >= 15 is 0 Å². The van der Waals surface area contributed by atoms with Crippen LogP contribution in [0.3, 0.4) is 0 Å². The van der Waals surface area contributed by atoms with Gasteiger partial charge >= 0.3 is 0 Å². The third-order valence-corrected chi connectivity index (χ3v) is 6.29. The van der Waals surface area contributed by atoms with Crippen molar-refractivity contribution in [3.05, 3.63) is 54.2 Å². The van der Waals surface area contributed by atoms with E-state index in [1.165, 1.54) is 11.2 Å². The van der Waals surface area contributed by atoms with Crippen LogP contribution in [-0.4, -0.2) is 44.3 Å². The maximum Gasteiger partial charge on any atom is 0.241 e. The second-order valence-electron chi connectivity index (χ2n) is 7.16. The topological polar surface area (TPSA) is 109 Å². The van der Waals surface area contributed by atoms with Gasteiger partial charge in [-0.15, -0.1) is 0 Å². The molecular formula is C20H24FN3O5S. The zero-order valence-electron chi connectivity index (χ0n) is 16.3. The fourth-order valence-corrected chi connectivity index (χ4v) is 4.28. The Bertz CT molecular complexity index is 955. The summed E-state index contributed by atoms with van der Waals surface area (Å²) in [6.07, 6.45) is 5.40. The van der Waals surface area contributed by atoms with E-state index in [4.69, 9.17) is 4.42 Å². The molecule has 162 valence electrons. The highest BCUT2D eigenvalue weighted by atomic mass is 32.2. The van der Waals surface area contributed by atoms with Crippen LogP contribution in [0.15, 0.2) is 52.0 Å². The monoisotopic (exact) mass is 437 g/mol. The van der Waals surface area contributed by atoms with Crippen LogP contribution in [-0.2, 0) is 26.2 Å². The number of carbonyl (C=O) groups excluding carboxylic acids is 2. The Morgan fingerprint density at radius 3 is 2.47 bits per heavy atom. The van der Waals surface area contributed by atoms with Crippen molar-refractivity contribution in [2.45, 2.75) is 43.2 Å². The fraction of sp³-hybridized carbons (Fsp3) is 0.400. The number of nitrogens with zero attached hydrogens (tertiary/aromatic N) is 1. The smallest absolute Gasteiger partial charge is 0.241 e. The summed E-state index contributed by atoms with van der Waals surface area (Å²) >= 11 is 0. The Labute approximate surface area is 174 Å². The van der Waals surface area contributed by atoms with Gasteiger partial charge in [-0.2, -0.15) is 0 Å². The lowest BCUT2D eigenvalue weighted by Crippen LogP contribution is -2.46. The van der Waals surface area contributed by atoms with Gasteiger partial charge in [-0.05, 0) is 49.2 Å². The number of nitrogens with one attached hydrogen (secondary N) is 2. The molecule has 0 unspecified atom stereocenters. The van der Waals surface area contributed by atoms with Crippen LogP contribution >= 0.6 is 0 Å². The molecule has 8 nitrogen and oxygen atoms in total. The highest BCUT2D eigenvalue weighted by Crippen LogP contribution is 2.17. The third-order valence-electron chi connectivity index (χ3n) is 4.87. The molecule has 0 saturated heterocycles. The van der Waals surface area contributed by atoms with Crippen molar-refractivity contribution in [2.75, 3.05) is 13.1 Å².